The Hall–Kier alpha value is -1.89. The van der Waals surface area contributed by atoms with E-state index in [1.807, 2.05) is 6.07 Å². The lowest BCUT2D eigenvalue weighted by molar-refractivity contribution is 0.624. The van der Waals surface area contributed by atoms with E-state index in [1.54, 1.807) is 6.07 Å². The highest BCUT2D eigenvalue weighted by Crippen LogP contribution is 2.16. The van der Waals surface area contributed by atoms with E-state index in [0.717, 1.165) is 37.3 Å². The quantitative estimate of drug-likeness (QED) is 0.807. The van der Waals surface area contributed by atoms with Gasteiger partial charge in [0.25, 0.3) is 0 Å². The monoisotopic (exact) mass is 231 g/mol. The fourth-order valence-electron chi connectivity index (χ4n) is 1.83. The predicted molar refractivity (Wildman–Crippen MR) is 65.5 cm³/mol. The van der Waals surface area contributed by atoms with Gasteiger partial charge in [0.2, 0.25) is 0 Å². The molecular weight excluding hydrogens is 217 g/mol. The fourth-order valence-corrected chi connectivity index (χ4v) is 1.83. The molecule has 0 amide bonds. The SMILES string of the molecule is N#Cc1cc(NC2=NCCCCC2)ccc1F. The van der Waals surface area contributed by atoms with Crippen LogP contribution in [0.1, 0.15) is 31.2 Å². The molecule has 17 heavy (non-hydrogen) atoms. The Bertz CT molecular complexity index is 474. The van der Waals surface area contributed by atoms with Gasteiger partial charge in [-0.15, -0.1) is 0 Å². The van der Waals surface area contributed by atoms with Gasteiger partial charge < -0.3 is 5.32 Å². The average Bonchev–Trinajstić information content (AvgIpc) is 2.60. The van der Waals surface area contributed by atoms with Crippen molar-refractivity contribution in [3.8, 4) is 6.07 Å². The van der Waals surface area contributed by atoms with Gasteiger partial charge in [-0.1, -0.05) is 6.42 Å². The molecule has 0 saturated heterocycles. The molecule has 0 saturated carbocycles. The van der Waals surface area contributed by atoms with Crippen molar-refractivity contribution in [2.75, 3.05) is 11.9 Å². The summed E-state index contributed by atoms with van der Waals surface area (Å²) < 4.78 is 13.1. The number of nitrogens with zero attached hydrogens (tertiary/aromatic N) is 2. The minimum atomic E-state index is -0.485. The second-order valence-electron chi connectivity index (χ2n) is 4.07. The van der Waals surface area contributed by atoms with Crippen LogP contribution in [0.25, 0.3) is 0 Å². The van der Waals surface area contributed by atoms with Gasteiger partial charge in [0, 0.05) is 18.7 Å². The molecule has 0 aliphatic carbocycles. The third-order valence-electron chi connectivity index (χ3n) is 2.75. The Kier molecular flexibility index (Phi) is 3.71. The Morgan fingerprint density at radius 2 is 2.18 bits per heavy atom. The summed E-state index contributed by atoms with van der Waals surface area (Å²) in [5, 5.41) is 11.9. The lowest BCUT2D eigenvalue weighted by Crippen LogP contribution is -2.11. The molecule has 1 N–H and O–H groups in total. The van der Waals surface area contributed by atoms with Crippen molar-refractivity contribution >= 4 is 11.5 Å². The summed E-state index contributed by atoms with van der Waals surface area (Å²) in [6.45, 7) is 0.842. The summed E-state index contributed by atoms with van der Waals surface area (Å²) in [7, 11) is 0. The molecule has 3 nitrogen and oxygen atoms in total. The third-order valence-corrected chi connectivity index (χ3v) is 2.75. The van der Waals surface area contributed by atoms with Gasteiger partial charge in [-0.05, 0) is 31.0 Å². The molecule has 2 rings (SSSR count). The molecule has 0 bridgehead atoms. The lowest BCUT2D eigenvalue weighted by Gasteiger charge is -2.08. The molecular formula is C13H14FN3. The summed E-state index contributed by atoms with van der Waals surface area (Å²) in [6.07, 6.45) is 4.36. The van der Waals surface area contributed by atoms with Gasteiger partial charge in [0.15, 0.2) is 0 Å². The maximum Gasteiger partial charge on any atom is 0.141 e. The number of hydrogen-bond acceptors (Lipinski definition) is 3. The number of rotatable bonds is 1. The first-order valence-electron chi connectivity index (χ1n) is 5.79. The van der Waals surface area contributed by atoms with Crippen LogP contribution in [0, 0.1) is 17.1 Å². The van der Waals surface area contributed by atoms with Crippen LogP contribution in [0.3, 0.4) is 0 Å². The van der Waals surface area contributed by atoms with Crippen LogP contribution in [-0.2, 0) is 0 Å². The molecule has 0 atom stereocenters. The van der Waals surface area contributed by atoms with Crippen LogP contribution in [-0.4, -0.2) is 12.4 Å². The van der Waals surface area contributed by atoms with Gasteiger partial charge in [0.05, 0.1) is 5.56 Å². The van der Waals surface area contributed by atoms with Crippen molar-refractivity contribution in [1.82, 2.24) is 0 Å². The molecule has 1 aromatic carbocycles. The zero-order valence-electron chi connectivity index (χ0n) is 9.54. The van der Waals surface area contributed by atoms with Gasteiger partial charge in [-0.25, -0.2) is 4.39 Å². The van der Waals surface area contributed by atoms with Gasteiger partial charge in [0.1, 0.15) is 17.7 Å². The van der Waals surface area contributed by atoms with Crippen LogP contribution in [0.15, 0.2) is 23.2 Å². The Morgan fingerprint density at radius 1 is 1.29 bits per heavy atom. The zero-order chi connectivity index (χ0) is 12.1. The first-order valence-corrected chi connectivity index (χ1v) is 5.79. The summed E-state index contributed by atoms with van der Waals surface area (Å²) >= 11 is 0. The molecule has 1 heterocycles. The van der Waals surface area contributed by atoms with E-state index in [1.165, 1.54) is 18.6 Å². The Labute approximate surface area is 100.0 Å². The molecule has 1 aromatic rings. The standard InChI is InChI=1S/C13H14FN3/c14-12-6-5-11(8-10(12)9-15)17-13-4-2-1-3-7-16-13/h5-6,8H,1-4,7H2,(H,16,17). The molecule has 0 fully saturated rings. The molecule has 0 radical (unpaired) electrons. The van der Waals surface area contributed by atoms with E-state index in [2.05, 4.69) is 10.3 Å². The summed E-state index contributed by atoms with van der Waals surface area (Å²) in [4.78, 5) is 4.43. The number of nitrogens with one attached hydrogen (secondary N) is 1. The predicted octanol–water partition coefficient (Wildman–Crippen LogP) is 3.08. The number of anilines is 1. The molecule has 1 aliphatic heterocycles. The molecule has 0 aromatic heterocycles. The summed E-state index contributed by atoms with van der Waals surface area (Å²) in [5.74, 6) is 0.443. The zero-order valence-corrected chi connectivity index (χ0v) is 9.54. The number of amidine groups is 1. The van der Waals surface area contributed by atoms with Crippen molar-refractivity contribution in [1.29, 1.82) is 5.26 Å². The number of halogens is 1. The second-order valence-corrected chi connectivity index (χ2v) is 4.07. The van der Waals surface area contributed by atoms with Crippen LogP contribution < -0.4 is 5.32 Å². The maximum absolute atomic E-state index is 13.1. The van der Waals surface area contributed by atoms with E-state index >= 15 is 0 Å². The number of benzene rings is 1. The van der Waals surface area contributed by atoms with Crippen LogP contribution >= 0.6 is 0 Å². The highest BCUT2D eigenvalue weighted by molar-refractivity contribution is 5.95. The minimum absolute atomic E-state index is 0.0595. The highest BCUT2D eigenvalue weighted by Gasteiger charge is 2.06. The number of nitriles is 1. The topological polar surface area (TPSA) is 48.2 Å². The van der Waals surface area contributed by atoms with Crippen LogP contribution in [0.5, 0.6) is 0 Å². The summed E-state index contributed by atoms with van der Waals surface area (Å²) in [5.41, 5.74) is 0.785. The van der Waals surface area contributed by atoms with Gasteiger partial charge >= 0.3 is 0 Å². The van der Waals surface area contributed by atoms with Gasteiger partial charge in [-0.2, -0.15) is 5.26 Å². The molecule has 88 valence electrons. The molecule has 1 aliphatic rings. The Morgan fingerprint density at radius 3 is 3.00 bits per heavy atom. The van der Waals surface area contributed by atoms with Crippen molar-refractivity contribution in [3.63, 3.8) is 0 Å². The first-order chi connectivity index (χ1) is 8.29. The van der Waals surface area contributed by atoms with E-state index in [0.29, 0.717) is 0 Å². The van der Waals surface area contributed by atoms with Crippen LogP contribution in [0.2, 0.25) is 0 Å². The van der Waals surface area contributed by atoms with E-state index in [9.17, 15) is 4.39 Å². The number of hydrogen-bond donors (Lipinski definition) is 1. The van der Waals surface area contributed by atoms with E-state index < -0.39 is 5.82 Å². The minimum Gasteiger partial charge on any atom is -0.344 e. The third kappa shape index (κ3) is 3.04. The van der Waals surface area contributed by atoms with Crippen molar-refractivity contribution in [2.45, 2.75) is 25.7 Å². The highest BCUT2D eigenvalue weighted by atomic mass is 19.1. The first kappa shape index (κ1) is 11.6. The maximum atomic E-state index is 13.1. The summed E-state index contributed by atoms with van der Waals surface area (Å²) in [6, 6.07) is 6.28. The average molecular weight is 231 g/mol. The van der Waals surface area contributed by atoms with Crippen molar-refractivity contribution < 1.29 is 4.39 Å². The molecule has 0 spiro atoms. The fraction of sp³-hybridized carbons (Fsp3) is 0.385. The molecule has 4 heteroatoms. The van der Waals surface area contributed by atoms with Crippen molar-refractivity contribution in [2.24, 2.45) is 4.99 Å². The van der Waals surface area contributed by atoms with Crippen molar-refractivity contribution in [3.05, 3.63) is 29.6 Å². The molecule has 0 unspecified atom stereocenters. The second kappa shape index (κ2) is 5.44. The largest absolute Gasteiger partial charge is 0.344 e. The van der Waals surface area contributed by atoms with E-state index in [-0.39, 0.29) is 5.56 Å². The van der Waals surface area contributed by atoms with Crippen LogP contribution in [0.4, 0.5) is 10.1 Å². The van der Waals surface area contributed by atoms with E-state index in [4.69, 9.17) is 5.26 Å². The smallest absolute Gasteiger partial charge is 0.141 e. The number of aliphatic imine (C=N–C) groups is 1. The Balaban J connectivity index is 2.13. The lowest BCUT2D eigenvalue weighted by atomic mass is 10.2. The normalized spacial score (nSPS) is 15.6. The van der Waals surface area contributed by atoms with Gasteiger partial charge in [-0.3, -0.25) is 4.99 Å².